The monoisotopic (exact) mass is 352 g/mol. The zero-order chi connectivity index (χ0) is 18.5. The van der Waals surface area contributed by atoms with E-state index in [-0.39, 0.29) is 0 Å². The number of carbonyl (C=O) groups excluding carboxylic acids is 1. The van der Waals surface area contributed by atoms with E-state index in [0.29, 0.717) is 23.4 Å². The van der Waals surface area contributed by atoms with E-state index in [2.05, 4.69) is 10.2 Å². The highest BCUT2D eigenvalue weighted by molar-refractivity contribution is 6.03. The SMILES string of the molecule is CCOC(=O)c1ccc2n[nH]c(C=Cc3ccc(OC)cc3)c2c1OC. The second-order valence-electron chi connectivity index (χ2n) is 5.50. The molecule has 0 aliphatic carbocycles. The van der Waals surface area contributed by atoms with Gasteiger partial charge in [0.25, 0.3) is 0 Å². The van der Waals surface area contributed by atoms with E-state index in [1.54, 1.807) is 26.2 Å². The first-order valence-electron chi connectivity index (χ1n) is 8.22. The molecule has 1 aromatic heterocycles. The number of carbonyl (C=O) groups is 1. The van der Waals surface area contributed by atoms with Crippen molar-refractivity contribution < 1.29 is 19.0 Å². The molecule has 2 aromatic carbocycles. The number of benzene rings is 2. The highest BCUT2D eigenvalue weighted by Gasteiger charge is 2.19. The van der Waals surface area contributed by atoms with Crippen LogP contribution in [0.2, 0.25) is 0 Å². The van der Waals surface area contributed by atoms with E-state index < -0.39 is 5.97 Å². The van der Waals surface area contributed by atoms with Crippen molar-refractivity contribution in [3.05, 3.63) is 53.2 Å². The number of hydrogen-bond donors (Lipinski definition) is 1. The van der Waals surface area contributed by atoms with Gasteiger partial charge < -0.3 is 14.2 Å². The first-order valence-corrected chi connectivity index (χ1v) is 8.22. The average molecular weight is 352 g/mol. The summed E-state index contributed by atoms with van der Waals surface area (Å²) < 4.78 is 15.8. The summed E-state index contributed by atoms with van der Waals surface area (Å²) in [6, 6.07) is 11.1. The number of nitrogens with one attached hydrogen (secondary N) is 1. The molecular weight excluding hydrogens is 332 g/mol. The van der Waals surface area contributed by atoms with Crippen LogP contribution in [-0.2, 0) is 4.74 Å². The summed E-state index contributed by atoms with van der Waals surface area (Å²) >= 11 is 0. The molecule has 0 unspecified atom stereocenters. The first kappa shape index (κ1) is 17.5. The minimum atomic E-state index is -0.419. The van der Waals surface area contributed by atoms with Crippen molar-refractivity contribution in [2.45, 2.75) is 6.92 Å². The predicted octanol–water partition coefficient (Wildman–Crippen LogP) is 3.93. The molecule has 26 heavy (non-hydrogen) atoms. The molecule has 1 heterocycles. The quantitative estimate of drug-likeness (QED) is 0.681. The van der Waals surface area contributed by atoms with Crippen LogP contribution in [0, 0.1) is 0 Å². The van der Waals surface area contributed by atoms with Crippen LogP contribution < -0.4 is 9.47 Å². The lowest BCUT2D eigenvalue weighted by Crippen LogP contribution is -2.07. The van der Waals surface area contributed by atoms with Gasteiger partial charge in [0.05, 0.1) is 37.4 Å². The number of methoxy groups -OCH3 is 2. The van der Waals surface area contributed by atoms with Gasteiger partial charge in [-0.25, -0.2) is 4.79 Å². The van der Waals surface area contributed by atoms with Crippen molar-refractivity contribution in [3.8, 4) is 11.5 Å². The first-order chi connectivity index (χ1) is 12.7. The maximum Gasteiger partial charge on any atom is 0.341 e. The lowest BCUT2D eigenvalue weighted by molar-refractivity contribution is 0.0523. The molecule has 6 heteroatoms. The number of esters is 1. The molecule has 0 fully saturated rings. The summed E-state index contributed by atoms with van der Waals surface area (Å²) in [6.07, 6.45) is 3.84. The van der Waals surface area contributed by atoms with Gasteiger partial charge in [-0.15, -0.1) is 0 Å². The van der Waals surface area contributed by atoms with E-state index in [0.717, 1.165) is 22.4 Å². The Morgan fingerprint density at radius 1 is 1.08 bits per heavy atom. The molecule has 0 aliphatic rings. The van der Waals surface area contributed by atoms with Crippen LogP contribution in [0.4, 0.5) is 0 Å². The van der Waals surface area contributed by atoms with Gasteiger partial charge in [0.15, 0.2) is 0 Å². The Hall–Kier alpha value is -3.28. The maximum absolute atomic E-state index is 12.2. The van der Waals surface area contributed by atoms with Crippen molar-refractivity contribution in [2.24, 2.45) is 0 Å². The fourth-order valence-corrected chi connectivity index (χ4v) is 2.70. The van der Waals surface area contributed by atoms with Crippen LogP contribution >= 0.6 is 0 Å². The fourth-order valence-electron chi connectivity index (χ4n) is 2.70. The fraction of sp³-hybridized carbons (Fsp3) is 0.200. The Balaban J connectivity index is 2.01. The molecule has 0 spiro atoms. The topological polar surface area (TPSA) is 73.4 Å². The summed E-state index contributed by atoms with van der Waals surface area (Å²) in [5, 5.41) is 8.01. The molecule has 3 rings (SSSR count). The van der Waals surface area contributed by atoms with Crippen molar-refractivity contribution in [2.75, 3.05) is 20.8 Å². The van der Waals surface area contributed by atoms with E-state index in [4.69, 9.17) is 14.2 Å². The van der Waals surface area contributed by atoms with Crippen LogP contribution in [0.3, 0.4) is 0 Å². The van der Waals surface area contributed by atoms with E-state index >= 15 is 0 Å². The van der Waals surface area contributed by atoms with Gasteiger partial charge >= 0.3 is 5.97 Å². The number of hydrogen-bond acceptors (Lipinski definition) is 5. The van der Waals surface area contributed by atoms with Gasteiger partial charge in [-0.2, -0.15) is 5.10 Å². The van der Waals surface area contributed by atoms with Gasteiger partial charge in [-0.1, -0.05) is 18.2 Å². The van der Waals surface area contributed by atoms with Crippen molar-refractivity contribution in [3.63, 3.8) is 0 Å². The lowest BCUT2D eigenvalue weighted by Gasteiger charge is -2.09. The van der Waals surface area contributed by atoms with Gasteiger partial charge in [0.2, 0.25) is 0 Å². The number of ether oxygens (including phenoxy) is 3. The molecule has 134 valence electrons. The Bertz CT molecular complexity index is 942. The van der Waals surface area contributed by atoms with Crippen molar-refractivity contribution in [1.29, 1.82) is 0 Å². The highest BCUT2D eigenvalue weighted by Crippen LogP contribution is 2.32. The van der Waals surface area contributed by atoms with Gasteiger partial charge in [0.1, 0.15) is 17.1 Å². The molecule has 0 aliphatic heterocycles. The maximum atomic E-state index is 12.2. The third-order valence-electron chi connectivity index (χ3n) is 3.96. The van der Waals surface area contributed by atoms with Crippen LogP contribution in [0.5, 0.6) is 11.5 Å². The van der Waals surface area contributed by atoms with E-state index in [1.807, 2.05) is 36.4 Å². The summed E-state index contributed by atoms with van der Waals surface area (Å²) in [7, 11) is 3.16. The van der Waals surface area contributed by atoms with Crippen LogP contribution in [0.1, 0.15) is 28.5 Å². The molecule has 0 radical (unpaired) electrons. The van der Waals surface area contributed by atoms with E-state index in [1.165, 1.54) is 7.11 Å². The Morgan fingerprint density at radius 3 is 2.50 bits per heavy atom. The molecule has 1 N–H and O–H groups in total. The number of aromatic nitrogens is 2. The minimum absolute atomic E-state index is 0.301. The molecule has 0 saturated heterocycles. The number of aromatic amines is 1. The molecule has 6 nitrogen and oxygen atoms in total. The third kappa shape index (κ3) is 3.39. The molecule has 3 aromatic rings. The Morgan fingerprint density at radius 2 is 1.85 bits per heavy atom. The number of H-pyrrole nitrogens is 1. The number of nitrogens with zero attached hydrogens (tertiary/aromatic N) is 1. The van der Waals surface area contributed by atoms with Gasteiger partial charge in [-0.05, 0) is 42.8 Å². The minimum Gasteiger partial charge on any atom is -0.497 e. The van der Waals surface area contributed by atoms with Crippen molar-refractivity contribution in [1.82, 2.24) is 10.2 Å². The largest absolute Gasteiger partial charge is 0.497 e. The normalized spacial score (nSPS) is 11.0. The Kier molecular flexibility index (Phi) is 5.22. The predicted molar refractivity (Wildman–Crippen MR) is 101 cm³/mol. The van der Waals surface area contributed by atoms with Crippen LogP contribution in [0.15, 0.2) is 36.4 Å². The highest BCUT2D eigenvalue weighted by atomic mass is 16.5. The zero-order valence-corrected chi connectivity index (χ0v) is 14.9. The second-order valence-corrected chi connectivity index (χ2v) is 5.50. The van der Waals surface area contributed by atoms with Gasteiger partial charge in [-0.3, -0.25) is 5.10 Å². The van der Waals surface area contributed by atoms with E-state index in [9.17, 15) is 4.79 Å². The summed E-state index contributed by atoms with van der Waals surface area (Å²) in [5.74, 6) is 0.830. The van der Waals surface area contributed by atoms with Gasteiger partial charge in [0, 0.05) is 0 Å². The molecule has 0 amide bonds. The third-order valence-corrected chi connectivity index (χ3v) is 3.96. The summed E-state index contributed by atoms with van der Waals surface area (Å²) in [6.45, 7) is 2.07. The second kappa shape index (κ2) is 7.74. The van der Waals surface area contributed by atoms with Crippen molar-refractivity contribution >= 4 is 29.0 Å². The number of rotatable bonds is 6. The lowest BCUT2D eigenvalue weighted by atomic mass is 10.1. The zero-order valence-electron chi connectivity index (χ0n) is 14.9. The molecule has 0 saturated carbocycles. The standard InChI is InChI=1S/C20H20N2O4/c1-4-26-20(23)15-10-12-17-18(19(15)25-3)16(21-22-17)11-7-13-5-8-14(24-2)9-6-13/h5-12H,4H2,1-3H3,(H,21,22). The summed E-state index contributed by atoms with van der Waals surface area (Å²) in [5.41, 5.74) is 2.85. The number of fused-ring (bicyclic) bond motifs is 1. The van der Waals surface area contributed by atoms with Crippen LogP contribution in [0.25, 0.3) is 23.1 Å². The Labute approximate surface area is 151 Å². The molecule has 0 bridgehead atoms. The van der Waals surface area contributed by atoms with Crippen LogP contribution in [-0.4, -0.2) is 37.0 Å². The molecule has 0 atom stereocenters. The summed E-state index contributed by atoms with van der Waals surface area (Å²) in [4.78, 5) is 12.2. The molecular formula is C20H20N2O4. The smallest absolute Gasteiger partial charge is 0.341 e. The average Bonchev–Trinajstić information content (AvgIpc) is 3.09.